The van der Waals surface area contributed by atoms with Crippen molar-refractivity contribution in [3.63, 3.8) is 0 Å². The van der Waals surface area contributed by atoms with E-state index in [9.17, 15) is 25.5 Å². The van der Waals surface area contributed by atoms with E-state index < -0.39 is 36.3 Å². The highest BCUT2D eigenvalue weighted by Gasteiger charge is 2.38. The number of aliphatic hydroxyl groups excluding tert-OH is 4. The molecular weight excluding hydrogens is 304 g/mol. The lowest BCUT2D eigenvalue weighted by molar-refractivity contribution is -0.193. The monoisotopic (exact) mass is 330 g/mol. The van der Waals surface area contributed by atoms with E-state index >= 15 is 0 Å². The van der Waals surface area contributed by atoms with Crippen molar-refractivity contribution in [2.24, 2.45) is 0 Å². The van der Waals surface area contributed by atoms with Crippen molar-refractivity contribution in [1.29, 1.82) is 0 Å². The van der Waals surface area contributed by atoms with Crippen LogP contribution in [0.15, 0.2) is 23.8 Å². The van der Waals surface area contributed by atoms with Gasteiger partial charge in [0, 0.05) is 20.0 Å². The summed E-state index contributed by atoms with van der Waals surface area (Å²) in [6, 6.07) is 0. The van der Waals surface area contributed by atoms with Crippen LogP contribution in [0.1, 0.15) is 25.7 Å². The summed E-state index contributed by atoms with van der Waals surface area (Å²) in [6.45, 7) is -0.0631. The molecule has 7 nitrogen and oxygen atoms in total. The standard InChI is InChI=1S/C16H26O7/c1-22-16(21)6-2-3-10(8-16)4-5-11(17)7-13-15(20)14(19)12(18)9-23-13/h2-3,6,11-15,17-21H,4-5,7-9H2,1H3/t11?,12-,13?,14+,15+,16?/m1/s1. The average Bonchev–Trinajstić information content (AvgIpc) is 2.54. The first-order valence-corrected chi connectivity index (χ1v) is 7.83. The van der Waals surface area contributed by atoms with Crippen molar-refractivity contribution >= 4 is 0 Å². The Balaban J connectivity index is 1.78. The van der Waals surface area contributed by atoms with E-state index in [1.165, 1.54) is 7.11 Å². The predicted molar refractivity (Wildman–Crippen MR) is 81.4 cm³/mol. The summed E-state index contributed by atoms with van der Waals surface area (Å²) in [5.74, 6) is -1.29. The van der Waals surface area contributed by atoms with Gasteiger partial charge in [-0.3, -0.25) is 0 Å². The highest BCUT2D eigenvalue weighted by atomic mass is 16.6. The Morgan fingerprint density at radius 2 is 2.09 bits per heavy atom. The van der Waals surface area contributed by atoms with E-state index in [0.717, 1.165) is 5.57 Å². The normalized spacial score (nSPS) is 39.1. The number of ether oxygens (including phenoxy) is 2. The molecule has 0 amide bonds. The Kier molecular flexibility index (Phi) is 6.33. The second-order valence-electron chi connectivity index (χ2n) is 6.26. The van der Waals surface area contributed by atoms with Gasteiger partial charge in [-0.1, -0.05) is 17.7 Å². The molecule has 0 aromatic rings. The third-order valence-electron chi connectivity index (χ3n) is 4.43. The van der Waals surface area contributed by atoms with Crippen molar-refractivity contribution in [3.05, 3.63) is 23.8 Å². The molecule has 2 aliphatic rings. The van der Waals surface area contributed by atoms with E-state index in [1.54, 1.807) is 12.2 Å². The Morgan fingerprint density at radius 3 is 2.78 bits per heavy atom. The molecule has 1 aliphatic heterocycles. The summed E-state index contributed by atoms with van der Waals surface area (Å²) >= 11 is 0. The second kappa shape index (κ2) is 7.85. The SMILES string of the molecule is COC1(O)C=CC=C(CCC(O)CC2OC[C@@H](O)[C@H](O)[C@H]2O)C1. The zero-order chi connectivity index (χ0) is 17.0. The molecule has 0 radical (unpaired) electrons. The molecule has 3 unspecified atom stereocenters. The van der Waals surface area contributed by atoms with Crippen LogP contribution in [0.25, 0.3) is 0 Å². The Hall–Kier alpha value is -0.800. The van der Waals surface area contributed by atoms with Crippen molar-refractivity contribution in [1.82, 2.24) is 0 Å². The first kappa shape index (κ1) is 18.5. The maximum atomic E-state index is 10.1. The molecule has 5 N–H and O–H groups in total. The highest BCUT2D eigenvalue weighted by Crippen LogP contribution is 2.28. The van der Waals surface area contributed by atoms with E-state index in [1.807, 2.05) is 6.08 Å². The van der Waals surface area contributed by atoms with Crippen molar-refractivity contribution < 1.29 is 35.0 Å². The van der Waals surface area contributed by atoms with Gasteiger partial charge in [0.1, 0.15) is 18.3 Å². The zero-order valence-electron chi connectivity index (χ0n) is 13.2. The molecule has 7 heteroatoms. The lowest BCUT2D eigenvalue weighted by Gasteiger charge is -2.36. The van der Waals surface area contributed by atoms with Crippen molar-refractivity contribution in [2.75, 3.05) is 13.7 Å². The molecule has 1 fully saturated rings. The largest absolute Gasteiger partial charge is 0.393 e. The van der Waals surface area contributed by atoms with Gasteiger partial charge < -0.3 is 35.0 Å². The minimum Gasteiger partial charge on any atom is -0.393 e. The van der Waals surface area contributed by atoms with Gasteiger partial charge in [0.25, 0.3) is 0 Å². The quantitative estimate of drug-likeness (QED) is 0.405. The summed E-state index contributed by atoms with van der Waals surface area (Å²) in [4.78, 5) is 0. The zero-order valence-corrected chi connectivity index (χ0v) is 13.2. The molecule has 6 atom stereocenters. The number of methoxy groups -OCH3 is 1. The van der Waals surface area contributed by atoms with Crippen LogP contribution in [0.5, 0.6) is 0 Å². The third kappa shape index (κ3) is 4.84. The Morgan fingerprint density at radius 1 is 1.35 bits per heavy atom. The topological polar surface area (TPSA) is 120 Å². The molecule has 0 spiro atoms. The van der Waals surface area contributed by atoms with Gasteiger partial charge in [-0.15, -0.1) is 0 Å². The van der Waals surface area contributed by atoms with Gasteiger partial charge in [-0.25, -0.2) is 0 Å². The van der Waals surface area contributed by atoms with Crippen LogP contribution in [0.4, 0.5) is 0 Å². The van der Waals surface area contributed by atoms with Crippen LogP contribution in [0.2, 0.25) is 0 Å². The molecule has 1 aliphatic carbocycles. The van der Waals surface area contributed by atoms with Crippen LogP contribution in [-0.2, 0) is 9.47 Å². The molecule has 1 heterocycles. The summed E-state index contributed by atoms with van der Waals surface area (Å²) < 4.78 is 10.3. The molecule has 132 valence electrons. The van der Waals surface area contributed by atoms with Gasteiger partial charge in [-0.2, -0.15) is 0 Å². The van der Waals surface area contributed by atoms with Crippen LogP contribution in [0, 0.1) is 0 Å². The molecule has 2 rings (SSSR count). The smallest absolute Gasteiger partial charge is 0.188 e. The van der Waals surface area contributed by atoms with E-state index in [2.05, 4.69) is 0 Å². The summed E-state index contributed by atoms with van der Waals surface area (Å²) in [5.41, 5.74) is 0.955. The maximum Gasteiger partial charge on any atom is 0.188 e. The lowest BCUT2D eigenvalue weighted by atomic mass is 9.91. The van der Waals surface area contributed by atoms with Crippen LogP contribution in [-0.4, -0.2) is 75.6 Å². The van der Waals surface area contributed by atoms with Gasteiger partial charge in [0.05, 0.1) is 18.8 Å². The maximum absolute atomic E-state index is 10.1. The number of hydrogen-bond donors (Lipinski definition) is 5. The van der Waals surface area contributed by atoms with Gasteiger partial charge in [0.2, 0.25) is 0 Å². The first-order valence-electron chi connectivity index (χ1n) is 7.83. The van der Waals surface area contributed by atoms with Crippen LogP contribution >= 0.6 is 0 Å². The summed E-state index contributed by atoms with van der Waals surface area (Å²) in [7, 11) is 1.43. The molecule has 0 aromatic heterocycles. The fourth-order valence-electron chi connectivity index (χ4n) is 2.90. The first-order chi connectivity index (χ1) is 10.8. The number of aliphatic hydroxyl groups is 5. The lowest BCUT2D eigenvalue weighted by Crippen LogP contribution is -2.53. The van der Waals surface area contributed by atoms with E-state index in [4.69, 9.17) is 9.47 Å². The average molecular weight is 330 g/mol. The van der Waals surface area contributed by atoms with E-state index in [0.29, 0.717) is 19.3 Å². The van der Waals surface area contributed by atoms with Crippen LogP contribution in [0.3, 0.4) is 0 Å². The fraction of sp³-hybridized carbons (Fsp3) is 0.750. The minimum atomic E-state index is -1.29. The molecule has 0 bridgehead atoms. The molecule has 23 heavy (non-hydrogen) atoms. The summed E-state index contributed by atoms with van der Waals surface area (Å²) in [6.07, 6.45) is 1.69. The molecular formula is C16H26O7. The fourth-order valence-corrected chi connectivity index (χ4v) is 2.90. The highest BCUT2D eigenvalue weighted by molar-refractivity contribution is 5.23. The number of allylic oxidation sites excluding steroid dienone is 2. The minimum absolute atomic E-state index is 0.0631. The van der Waals surface area contributed by atoms with Gasteiger partial charge >= 0.3 is 0 Å². The molecule has 1 saturated heterocycles. The summed E-state index contributed by atoms with van der Waals surface area (Å²) in [5, 5.41) is 49.0. The predicted octanol–water partition coefficient (Wildman–Crippen LogP) is -0.780. The number of rotatable bonds is 6. The van der Waals surface area contributed by atoms with Crippen molar-refractivity contribution in [2.45, 2.75) is 62.0 Å². The molecule has 0 aromatic carbocycles. The van der Waals surface area contributed by atoms with Gasteiger partial charge in [0.15, 0.2) is 5.79 Å². The second-order valence-corrected chi connectivity index (χ2v) is 6.26. The van der Waals surface area contributed by atoms with Gasteiger partial charge in [-0.05, 0) is 18.9 Å². The number of hydrogen-bond acceptors (Lipinski definition) is 7. The third-order valence-corrected chi connectivity index (χ3v) is 4.43. The molecule has 0 saturated carbocycles. The Bertz CT molecular complexity index is 450. The Labute approximate surface area is 135 Å². The van der Waals surface area contributed by atoms with Crippen molar-refractivity contribution in [3.8, 4) is 0 Å². The van der Waals surface area contributed by atoms with E-state index in [-0.39, 0.29) is 13.0 Å². The van der Waals surface area contributed by atoms with Crippen LogP contribution < -0.4 is 0 Å².